The molecule has 1 atom stereocenters. The molecule has 26 heavy (non-hydrogen) atoms. The molecule has 2 aromatic heterocycles. The van der Waals surface area contributed by atoms with E-state index in [1.54, 1.807) is 0 Å². The first-order valence-corrected chi connectivity index (χ1v) is 10.1. The summed E-state index contributed by atoms with van der Waals surface area (Å²) in [4.78, 5) is 5.08. The Kier molecular flexibility index (Phi) is 5.48. The van der Waals surface area contributed by atoms with E-state index in [-0.39, 0.29) is 0 Å². The molecule has 0 radical (unpaired) electrons. The average Bonchev–Trinajstić information content (AvgIpc) is 3.33. The lowest BCUT2D eigenvalue weighted by Gasteiger charge is -2.21. The van der Waals surface area contributed by atoms with Gasteiger partial charge in [-0.05, 0) is 44.5 Å². The van der Waals surface area contributed by atoms with Crippen LogP contribution in [0.3, 0.4) is 0 Å². The van der Waals surface area contributed by atoms with Gasteiger partial charge in [0.15, 0.2) is 0 Å². The fourth-order valence-electron chi connectivity index (χ4n) is 3.43. The van der Waals surface area contributed by atoms with Crippen molar-refractivity contribution in [1.29, 1.82) is 0 Å². The fourth-order valence-corrected chi connectivity index (χ4v) is 4.61. The van der Waals surface area contributed by atoms with Gasteiger partial charge in [-0.2, -0.15) is 5.10 Å². The lowest BCUT2D eigenvalue weighted by molar-refractivity contribution is 0.0172. The second kappa shape index (κ2) is 8.16. The predicted molar refractivity (Wildman–Crippen MR) is 106 cm³/mol. The van der Waals surface area contributed by atoms with Crippen molar-refractivity contribution in [3.05, 3.63) is 64.0 Å². The van der Waals surface area contributed by atoms with E-state index in [0.717, 1.165) is 43.1 Å². The predicted octanol–water partition coefficient (Wildman–Crippen LogP) is 5.01. The summed E-state index contributed by atoms with van der Waals surface area (Å²) in [6, 6.07) is 16.9. The highest BCUT2D eigenvalue weighted by Gasteiger charge is 2.18. The maximum atomic E-state index is 5.91. The van der Waals surface area contributed by atoms with E-state index in [4.69, 9.17) is 4.74 Å². The molecule has 0 bridgehead atoms. The van der Waals surface area contributed by atoms with Crippen molar-refractivity contribution >= 4 is 11.3 Å². The second-order valence-corrected chi connectivity index (χ2v) is 8.18. The number of thiophene rings is 1. The Balaban J connectivity index is 1.35. The van der Waals surface area contributed by atoms with Crippen molar-refractivity contribution in [2.75, 3.05) is 13.7 Å². The monoisotopic (exact) mass is 367 g/mol. The van der Waals surface area contributed by atoms with Crippen molar-refractivity contribution in [1.82, 2.24) is 15.1 Å². The number of nitrogens with one attached hydrogen (secondary N) is 1. The highest BCUT2D eigenvalue weighted by atomic mass is 32.1. The van der Waals surface area contributed by atoms with E-state index in [2.05, 4.69) is 52.5 Å². The molecule has 136 valence electrons. The molecular weight excluding hydrogens is 342 g/mol. The highest BCUT2D eigenvalue weighted by Crippen LogP contribution is 2.33. The molecule has 5 heteroatoms. The summed E-state index contributed by atoms with van der Waals surface area (Å²) in [5.74, 6) is 0. The van der Waals surface area contributed by atoms with E-state index in [0.29, 0.717) is 6.10 Å². The molecule has 0 spiro atoms. The van der Waals surface area contributed by atoms with Crippen LogP contribution in [0.4, 0.5) is 0 Å². The largest absolute Gasteiger partial charge is 0.373 e. The number of aromatic nitrogens is 2. The Morgan fingerprint density at radius 3 is 2.85 bits per heavy atom. The van der Waals surface area contributed by atoms with Gasteiger partial charge in [-0.1, -0.05) is 30.3 Å². The number of hydrogen-bond acceptors (Lipinski definition) is 4. The van der Waals surface area contributed by atoms with Crippen molar-refractivity contribution in [2.45, 2.75) is 38.5 Å². The molecule has 3 heterocycles. The first-order chi connectivity index (χ1) is 12.8. The smallest absolute Gasteiger partial charge is 0.0924 e. The molecule has 4 nitrogen and oxygen atoms in total. The Morgan fingerprint density at radius 1 is 1.15 bits per heavy atom. The molecule has 1 N–H and O–H groups in total. The molecule has 0 amide bonds. The van der Waals surface area contributed by atoms with Crippen LogP contribution < -0.4 is 0 Å². The van der Waals surface area contributed by atoms with Crippen LogP contribution in [0.5, 0.6) is 0 Å². The quantitative estimate of drug-likeness (QED) is 0.666. The van der Waals surface area contributed by atoms with E-state index in [1.165, 1.54) is 22.6 Å². The maximum absolute atomic E-state index is 5.91. The van der Waals surface area contributed by atoms with Crippen LogP contribution in [-0.4, -0.2) is 28.8 Å². The van der Waals surface area contributed by atoms with Gasteiger partial charge in [0, 0.05) is 40.7 Å². The van der Waals surface area contributed by atoms with Gasteiger partial charge in [-0.3, -0.25) is 10.00 Å². The zero-order valence-electron chi connectivity index (χ0n) is 15.1. The van der Waals surface area contributed by atoms with Crippen molar-refractivity contribution in [3.8, 4) is 11.3 Å². The Hall–Kier alpha value is -1.95. The summed E-state index contributed by atoms with van der Waals surface area (Å²) in [7, 11) is 2.15. The van der Waals surface area contributed by atoms with Gasteiger partial charge >= 0.3 is 0 Å². The van der Waals surface area contributed by atoms with Crippen LogP contribution in [0.25, 0.3) is 11.3 Å². The normalized spacial score (nSPS) is 17.7. The number of aromatic amines is 1. The molecule has 1 aliphatic heterocycles. The van der Waals surface area contributed by atoms with Crippen molar-refractivity contribution in [2.24, 2.45) is 0 Å². The number of nitrogens with zero attached hydrogens (tertiary/aromatic N) is 2. The highest BCUT2D eigenvalue weighted by molar-refractivity contribution is 7.12. The molecule has 0 saturated carbocycles. The van der Waals surface area contributed by atoms with Crippen molar-refractivity contribution in [3.63, 3.8) is 0 Å². The third-order valence-corrected chi connectivity index (χ3v) is 5.91. The number of H-pyrrole nitrogens is 1. The summed E-state index contributed by atoms with van der Waals surface area (Å²) in [5, 5.41) is 7.62. The molecule has 3 aromatic rings. The van der Waals surface area contributed by atoms with Gasteiger partial charge in [-0.25, -0.2) is 0 Å². The van der Waals surface area contributed by atoms with Gasteiger partial charge in [0.05, 0.1) is 11.8 Å². The number of ether oxygens (including phenoxy) is 1. The maximum Gasteiger partial charge on any atom is 0.0924 e. The van der Waals surface area contributed by atoms with Crippen LogP contribution in [0, 0.1) is 0 Å². The molecule has 0 aliphatic carbocycles. The zero-order chi connectivity index (χ0) is 17.8. The van der Waals surface area contributed by atoms with Gasteiger partial charge in [-0.15, -0.1) is 11.3 Å². The van der Waals surface area contributed by atoms with E-state index in [9.17, 15) is 0 Å². The lowest BCUT2D eigenvalue weighted by atomic mass is 10.1. The van der Waals surface area contributed by atoms with Crippen LogP contribution in [0.15, 0.2) is 48.5 Å². The van der Waals surface area contributed by atoms with Crippen LogP contribution in [0.1, 0.15) is 40.8 Å². The SMILES string of the molecule is CN(Cc1cc(-c2ccccc2)n[nH]1)Cc1ccc([C@@H]2CCCCO2)s1. The standard InChI is InChI=1S/C21H25N3OS/c1-24(14-17-13-19(23-22-17)16-7-3-2-4-8-16)15-18-10-11-21(26-18)20-9-5-6-12-25-20/h2-4,7-8,10-11,13,20H,5-6,9,12,14-15H2,1H3,(H,22,23)/t20-/m0/s1. The Labute approximate surface area is 158 Å². The topological polar surface area (TPSA) is 41.2 Å². The lowest BCUT2D eigenvalue weighted by Crippen LogP contribution is -2.16. The Bertz CT molecular complexity index is 821. The minimum atomic E-state index is 0.314. The Morgan fingerprint density at radius 2 is 2.04 bits per heavy atom. The van der Waals surface area contributed by atoms with Gasteiger partial charge < -0.3 is 4.74 Å². The molecule has 1 aliphatic rings. The minimum Gasteiger partial charge on any atom is -0.373 e. The van der Waals surface area contributed by atoms with Crippen LogP contribution in [-0.2, 0) is 17.8 Å². The van der Waals surface area contributed by atoms with Crippen molar-refractivity contribution < 1.29 is 4.74 Å². The summed E-state index contributed by atoms with van der Waals surface area (Å²) in [5.41, 5.74) is 3.29. The zero-order valence-corrected chi connectivity index (χ0v) is 16.0. The van der Waals surface area contributed by atoms with Gasteiger partial charge in [0.2, 0.25) is 0 Å². The average molecular weight is 368 g/mol. The molecular formula is C21H25N3OS. The van der Waals surface area contributed by atoms with E-state index >= 15 is 0 Å². The summed E-state index contributed by atoms with van der Waals surface area (Å²) < 4.78 is 5.91. The van der Waals surface area contributed by atoms with Crippen LogP contribution >= 0.6 is 11.3 Å². The van der Waals surface area contributed by atoms with E-state index in [1.807, 2.05) is 29.5 Å². The molecule has 4 rings (SSSR count). The molecule has 1 fully saturated rings. The fraction of sp³-hybridized carbons (Fsp3) is 0.381. The molecule has 1 saturated heterocycles. The van der Waals surface area contributed by atoms with Crippen LogP contribution in [0.2, 0.25) is 0 Å². The number of hydrogen-bond donors (Lipinski definition) is 1. The first-order valence-electron chi connectivity index (χ1n) is 9.26. The number of rotatable bonds is 6. The summed E-state index contributed by atoms with van der Waals surface area (Å²) in [6.45, 7) is 2.70. The van der Waals surface area contributed by atoms with Gasteiger partial charge in [0.1, 0.15) is 0 Å². The van der Waals surface area contributed by atoms with Gasteiger partial charge in [0.25, 0.3) is 0 Å². The third kappa shape index (κ3) is 4.23. The molecule has 1 aromatic carbocycles. The number of benzene rings is 1. The van der Waals surface area contributed by atoms with E-state index < -0.39 is 0 Å². The summed E-state index contributed by atoms with van der Waals surface area (Å²) in [6.07, 6.45) is 3.95. The molecule has 0 unspecified atom stereocenters. The third-order valence-electron chi connectivity index (χ3n) is 4.75. The second-order valence-electron chi connectivity index (χ2n) is 6.98. The first kappa shape index (κ1) is 17.5. The minimum absolute atomic E-state index is 0.314. The summed E-state index contributed by atoms with van der Waals surface area (Å²) >= 11 is 1.89.